The Morgan fingerprint density at radius 3 is 2.56 bits per heavy atom. The average Bonchev–Trinajstić information content (AvgIpc) is 2.31. The number of ketones is 1. The van der Waals surface area contributed by atoms with Gasteiger partial charge in [0.05, 0.1) is 6.16 Å². The van der Waals surface area contributed by atoms with E-state index in [-0.39, 0.29) is 5.92 Å². The van der Waals surface area contributed by atoms with Crippen LogP contribution in [0.25, 0.3) is 0 Å². The molecule has 0 spiro atoms. The zero-order valence-corrected chi connectivity index (χ0v) is 11.0. The third kappa shape index (κ3) is 4.00. The molecule has 0 aliphatic heterocycles. The molecule has 5 heteroatoms. The first kappa shape index (κ1) is 13.9. The second-order valence-electron chi connectivity index (χ2n) is 4.25. The monoisotopic (exact) mass is 248 g/mol. The van der Waals surface area contributed by atoms with Crippen LogP contribution in [0.1, 0.15) is 38.5 Å². The summed E-state index contributed by atoms with van der Waals surface area (Å²) >= 11 is 0. The number of Topliss-reactive ketones (excluding diaryl/α,β-unsaturated/α-hetero) is 1. The smallest absolute Gasteiger partial charge is 0.312 e. The molecule has 16 heavy (non-hydrogen) atoms. The molecule has 0 heterocycles. The Hall–Kier alpha value is -0.180. The third-order valence-electron chi connectivity index (χ3n) is 3.22. The van der Waals surface area contributed by atoms with E-state index >= 15 is 0 Å². The van der Waals surface area contributed by atoms with Gasteiger partial charge in [-0.1, -0.05) is 6.42 Å². The lowest BCUT2D eigenvalue weighted by Gasteiger charge is -2.21. The number of carbonyl (C=O) groups excluding carboxylic acids is 1. The lowest BCUT2D eigenvalue weighted by Crippen LogP contribution is -2.19. The molecule has 0 amide bonds. The van der Waals surface area contributed by atoms with E-state index in [1.54, 1.807) is 0 Å². The highest BCUT2D eigenvalue weighted by molar-refractivity contribution is 7.53. The van der Waals surface area contributed by atoms with Gasteiger partial charge in [0.1, 0.15) is 5.78 Å². The Kier molecular flexibility index (Phi) is 5.67. The Labute approximate surface area is 97.2 Å². The van der Waals surface area contributed by atoms with Crippen molar-refractivity contribution >= 4 is 13.4 Å². The topological polar surface area (TPSA) is 52.6 Å². The molecule has 0 bridgehead atoms. The standard InChI is InChI=1S/C11H21O4P/c1-14-16(13,15-2)9-5-7-10-6-3-4-8-11(10)12/h10H,3-9H2,1-2H3. The molecule has 94 valence electrons. The molecule has 1 unspecified atom stereocenters. The molecule has 0 radical (unpaired) electrons. The van der Waals surface area contributed by atoms with Gasteiger partial charge in [0.15, 0.2) is 0 Å². The maximum Gasteiger partial charge on any atom is 0.330 e. The van der Waals surface area contributed by atoms with Crippen molar-refractivity contribution in [3.05, 3.63) is 0 Å². The van der Waals surface area contributed by atoms with E-state index in [2.05, 4.69) is 0 Å². The molecule has 1 atom stereocenters. The minimum atomic E-state index is -2.88. The summed E-state index contributed by atoms with van der Waals surface area (Å²) in [5.41, 5.74) is 0. The highest BCUT2D eigenvalue weighted by atomic mass is 31.2. The van der Waals surface area contributed by atoms with Gasteiger partial charge in [-0.05, 0) is 25.7 Å². The van der Waals surface area contributed by atoms with Gasteiger partial charge >= 0.3 is 7.60 Å². The van der Waals surface area contributed by atoms with Gasteiger partial charge in [-0.2, -0.15) is 0 Å². The van der Waals surface area contributed by atoms with Gasteiger partial charge in [0.25, 0.3) is 0 Å². The largest absolute Gasteiger partial charge is 0.330 e. The fourth-order valence-electron chi connectivity index (χ4n) is 2.15. The van der Waals surface area contributed by atoms with Crippen molar-refractivity contribution in [3.63, 3.8) is 0 Å². The van der Waals surface area contributed by atoms with Crippen molar-refractivity contribution < 1.29 is 18.4 Å². The van der Waals surface area contributed by atoms with Crippen LogP contribution in [0.5, 0.6) is 0 Å². The number of rotatable bonds is 6. The molecule has 1 aliphatic carbocycles. The molecule has 1 saturated carbocycles. The molecular weight excluding hydrogens is 227 g/mol. The first-order chi connectivity index (χ1) is 7.61. The molecular formula is C11H21O4P. The van der Waals surface area contributed by atoms with E-state index in [0.29, 0.717) is 11.9 Å². The van der Waals surface area contributed by atoms with Crippen molar-refractivity contribution in [1.82, 2.24) is 0 Å². The predicted octanol–water partition coefficient (Wildman–Crippen LogP) is 3.01. The van der Waals surface area contributed by atoms with Gasteiger partial charge < -0.3 is 9.05 Å². The lowest BCUT2D eigenvalue weighted by molar-refractivity contribution is -0.124. The zero-order valence-electron chi connectivity index (χ0n) is 10.1. The summed E-state index contributed by atoms with van der Waals surface area (Å²) in [7, 11) is -0.0821. The van der Waals surface area contributed by atoms with Crippen LogP contribution in [0.3, 0.4) is 0 Å². The third-order valence-corrected chi connectivity index (χ3v) is 5.20. The highest BCUT2D eigenvalue weighted by Gasteiger charge is 2.25. The Balaban J connectivity index is 2.29. The van der Waals surface area contributed by atoms with E-state index in [9.17, 15) is 9.36 Å². The highest BCUT2D eigenvalue weighted by Crippen LogP contribution is 2.47. The Morgan fingerprint density at radius 1 is 1.31 bits per heavy atom. The summed E-state index contributed by atoms with van der Waals surface area (Å²) in [5, 5.41) is 0. The summed E-state index contributed by atoms with van der Waals surface area (Å²) in [4.78, 5) is 11.6. The van der Waals surface area contributed by atoms with Crippen LogP contribution >= 0.6 is 7.60 Å². The second kappa shape index (κ2) is 6.53. The Morgan fingerprint density at radius 2 is 2.00 bits per heavy atom. The van der Waals surface area contributed by atoms with Crippen molar-refractivity contribution in [1.29, 1.82) is 0 Å². The first-order valence-electron chi connectivity index (χ1n) is 5.84. The molecule has 1 fully saturated rings. The maximum atomic E-state index is 11.7. The van der Waals surface area contributed by atoms with Crippen molar-refractivity contribution in [2.45, 2.75) is 38.5 Å². The van der Waals surface area contributed by atoms with E-state index in [1.165, 1.54) is 14.2 Å². The number of hydrogen-bond acceptors (Lipinski definition) is 4. The van der Waals surface area contributed by atoms with E-state index in [0.717, 1.165) is 38.5 Å². The van der Waals surface area contributed by atoms with Crippen LogP contribution < -0.4 is 0 Å². The molecule has 1 rings (SSSR count). The van der Waals surface area contributed by atoms with E-state index in [1.807, 2.05) is 0 Å². The molecule has 4 nitrogen and oxygen atoms in total. The van der Waals surface area contributed by atoms with Crippen molar-refractivity contribution in [2.75, 3.05) is 20.4 Å². The van der Waals surface area contributed by atoms with Gasteiger partial charge in [0, 0.05) is 26.6 Å². The first-order valence-corrected chi connectivity index (χ1v) is 7.57. The van der Waals surface area contributed by atoms with Crippen LogP contribution in [0.15, 0.2) is 0 Å². The second-order valence-corrected chi connectivity index (χ2v) is 6.65. The zero-order chi connectivity index (χ0) is 12.0. The predicted molar refractivity (Wildman–Crippen MR) is 62.7 cm³/mol. The van der Waals surface area contributed by atoms with Gasteiger partial charge in [-0.15, -0.1) is 0 Å². The summed E-state index contributed by atoms with van der Waals surface area (Å²) in [6.07, 6.45) is 5.83. The Bertz CT molecular complexity index is 269. The molecule has 1 aliphatic rings. The average molecular weight is 248 g/mol. The van der Waals surface area contributed by atoms with Gasteiger partial charge in [0.2, 0.25) is 0 Å². The summed E-state index contributed by atoms with van der Waals surface area (Å²) in [6, 6.07) is 0. The van der Waals surface area contributed by atoms with Crippen molar-refractivity contribution in [3.8, 4) is 0 Å². The van der Waals surface area contributed by atoms with Crippen molar-refractivity contribution in [2.24, 2.45) is 5.92 Å². The minimum Gasteiger partial charge on any atom is -0.312 e. The molecule has 0 aromatic rings. The van der Waals surface area contributed by atoms with E-state index in [4.69, 9.17) is 9.05 Å². The molecule has 0 aromatic heterocycles. The molecule has 0 N–H and O–H groups in total. The number of carbonyl (C=O) groups is 1. The SMILES string of the molecule is COP(=O)(CCCC1CCCCC1=O)OC. The molecule has 0 saturated heterocycles. The fourth-order valence-corrected chi connectivity index (χ4v) is 3.23. The fraction of sp³-hybridized carbons (Fsp3) is 0.909. The molecule has 0 aromatic carbocycles. The van der Waals surface area contributed by atoms with E-state index < -0.39 is 7.60 Å². The van der Waals surface area contributed by atoms with Gasteiger partial charge in [-0.25, -0.2) is 0 Å². The summed E-state index contributed by atoms with van der Waals surface area (Å²) in [6.45, 7) is 0. The summed E-state index contributed by atoms with van der Waals surface area (Å²) < 4.78 is 21.4. The van der Waals surface area contributed by atoms with Crippen LogP contribution in [-0.4, -0.2) is 26.2 Å². The number of hydrogen-bond donors (Lipinski definition) is 0. The van der Waals surface area contributed by atoms with Crippen LogP contribution in [0, 0.1) is 5.92 Å². The summed E-state index contributed by atoms with van der Waals surface area (Å²) in [5.74, 6) is 0.548. The van der Waals surface area contributed by atoms with Crippen LogP contribution in [0.4, 0.5) is 0 Å². The maximum absolute atomic E-state index is 11.7. The van der Waals surface area contributed by atoms with Crippen LogP contribution in [-0.2, 0) is 18.4 Å². The quantitative estimate of drug-likeness (QED) is 0.678. The lowest BCUT2D eigenvalue weighted by atomic mass is 9.85. The normalized spacial score (nSPS) is 22.4. The minimum absolute atomic E-state index is 0.177. The van der Waals surface area contributed by atoms with Crippen LogP contribution in [0.2, 0.25) is 0 Å². The van der Waals surface area contributed by atoms with Gasteiger partial charge in [-0.3, -0.25) is 9.36 Å².